The number of nitrogen functional groups attached to an aromatic ring is 1. The van der Waals surface area contributed by atoms with Crippen molar-refractivity contribution in [1.29, 1.82) is 0 Å². The Morgan fingerprint density at radius 1 is 1.56 bits per heavy atom. The maximum atomic E-state index is 12.2. The highest BCUT2D eigenvalue weighted by molar-refractivity contribution is 5.96. The Kier molecular flexibility index (Phi) is 3.87. The van der Waals surface area contributed by atoms with E-state index in [1.807, 2.05) is 30.0 Å². The van der Waals surface area contributed by atoms with Gasteiger partial charge in [0.1, 0.15) is 0 Å². The fourth-order valence-corrected chi connectivity index (χ4v) is 2.41. The Balaban J connectivity index is 2.08. The number of amides is 1. The van der Waals surface area contributed by atoms with E-state index in [-0.39, 0.29) is 11.8 Å². The highest BCUT2D eigenvalue weighted by atomic mass is 16.5. The number of rotatable bonds is 4. The molecule has 1 aliphatic heterocycles. The molecule has 1 unspecified atom stereocenters. The van der Waals surface area contributed by atoms with Gasteiger partial charge in [-0.25, -0.2) is 0 Å². The number of benzene rings is 1. The molecule has 2 rings (SSSR count). The van der Waals surface area contributed by atoms with Crippen LogP contribution in [0.2, 0.25) is 0 Å². The smallest absolute Gasteiger partial charge is 0.227 e. The van der Waals surface area contributed by atoms with Gasteiger partial charge in [0.15, 0.2) is 0 Å². The zero-order valence-electron chi connectivity index (χ0n) is 11.0. The van der Waals surface area contributed by atoms with Crippen LogP contribution in [0.15, 0.2) is 18.2 Å². The normalized spacial score (nSPS) is 15.6. The Hall–Kier alpha value is -1.55. The molecule has 2 N–H and O–H groups in total. The summed E-state index contributed by atoms with van der Waals surface area (Å²) >= 11 is 0. The molecular weight excluding hydrogens is 228 g/mol. The van der Waals surface area contributed by atoms with Crippen LogP contribution in [0, 0.1) is 5.92 Å². The van der Waals surface area contributed by atoms with E-state index in [0.29, 0.717) is 18.7 Å². The summed E-state index contributed by atoms with van der Waals surface area (Å²) in [6.45, 7) is 3.40. The summed E-state index contributed by atoms with van der Waals surface area (Å²) in [5.41, 5.74) is 8.67. The first-order valence-corrected chi connectivity index (χ1v) is 6.29. The third kappa shape index (κ3) is 2.64. The lowest BCUT2D eigenvalue weighted by molar-refractivity contribution is -0.119. The molecule has 0 spiro atoms. The second-order valence-electron chi connectivity index (χ2n) is 4.95. The van der Waals surface area contributed by atoms with Gasteiger partial charge in [0.2, 0.25) is 5.91 Å². The van der Waals surface area contributed by atoms with Crippen molar-refractivity contribution in [2.75, 3.05) is 30.9 Å². The average molecular weight is 248 g/mol. The minimum atomic E-state index is 0.156. The van der Waals surface area contributed by atoms with E-state index in [9.17, 15) is 4.79 Å². The predicted octanol–water partition coefficient (Wildman–Crippen LogP) is 1.83. The van der Waals surface area contributed by atoms with Gasteiger partial charge in [-0.3, -0.25) is 4.79 Å². The highest BCUT2D eigenvalue weighted by Gasteiger charge is 2.25. The monoisotopic (exact) mass is 248 g/mol. The molecule has 0 aliphatic carbocycles. The molecule has 0 radical (unpaired) electrons. The average Bonchev–Trinajstić information content (AvgIpc) is 2.71. The molecule has 1 aromatic carbocycles. The number of carbonyl (C=O) groups is 1. The minimum Gasteiger partial charge on any atom is -0.399 e. The number of fused-ring (bicyclic) bond motifs is 1. The third-order valence-electron chi connectivity index (χ3n) is 3.28. The van der Waals surface area contributed by atoms with Gasteiger partial charge in [-0.1, -0.05) is 13.0 Å². The maximum absolute atomic E-state index is 12.2. The second-order valence-corrected chi connectivity index (χ2v) is 4.95. The predicted molar refractivity (Wildman–Crippen MR) is 72.6 cm³/mol. The van der Waals surface area contributed by atoms with Gasteiger partial charge in [-0.2, -0.15) is 0 Å². The summed E-state index contributed by atoms with van der Waals surface area (Å²) in [5.74, 6) is 0.400. The van der Waals surface area contributed by atoms with Gasteiger partial charge in [0, 0.05) is 38.1 Å². The second kappa shape index (κ2) is 5.40. The van der Waals surface area contributed by atoms with Crippen LogP contribution >= 0.6 is 0 Å². The number of nitrogens with two attached hydrogens (primary N) is 1. The van der Waals surface area contributed by atoms with Crippen LogP contribution in [0.1, 0.15) is 18.9 Å². The summed E-state index contributed by atoms with van der Waals surface area (Å²) in [5, 5.41) is 0. The molecule has 0 bridgehead atoms. The van der Waals surface area contributed by atoms with Crippen molar-refractivity contribution in [2.24, 2.45) is 5.92 Å². The molecule has 98 valence electrons. The molecule has 4 nitrogen and oxygen atoms in total. The topological polar surface area (TPSA) is 55.6 Å². The summed E-state index contributed by atoms with van der Waals surface area (Å²) in [6.07, 6.45) is 1.43. The van der Waals surface area contributed by atoms with Crippen LogP contribution in [0.25, 0.3) is 0 Å². The number of anilines is 2. The number of hydrogen-bond acceptors (Lipinski definition) is 3. The van der Waals surface area contributed by atoms with E-state index >= 15 is 0 Å². The van der Waals surface area contributed by atoms with Gasteiger partial charge in [-0.05, 0) is 30.0 Å². The SMILES string of the molecule is COCC(C)CC(=O)N1CCc2ccc(N)cc21. The minimum absolute atomic E-state index is 0.156. The van der Waals surface area contributed by atoms with Crippen LogP contribution in [-0.2, 0) is 16.0 Å². The zero-order chi connectivity index (χ0) is 13.1. The number of nitrogens with zero attached hydrogens (tertiary/aromatic N) is 1. The van der Waals surface area contributed by atoms with Crippen molar-refractivity contribution in [3.05, 3.63) is 23.8 Å². The molecule has 1 aliphatic rings. The molecule has 18 heavy (non-hydrogen) atoms. The molecular formula is C14H20N2O2. The summed E-state index contributed by atoms with van der Waals surface area (Å²) in [4.78, 5) is 14.1. The van der Waals surface area contributed by atoms with Gasteiger partial charge in [-0.15, -0.1) is 0 Å². The van der Waals surface area contributed by atoms with Crippen LogP contribution in [-0.4, -0.2) is 26.2 Å². The Morgan fingerprint density at radius 3 is 3.06 bits per heavy atom. The van der Waals surface area contributed by atoms with E-state index in [1.54, 1.807) is 7.11 Å². The van der Waals surface area contributed by atoms with E-state index in [2.05, 4.69) is 0 Å². The van der Waals surface area contributed by atoms with E-state index < -0.39 is 0 Å². The van der Waals surface area contributed by atoms with Gasteiger partial charge >= 0.3 is 0 Å². The summed E-state index contributed by atoms with van der Waals surface area (Å²) < 4.78 is 5.06. The largest absolute Gasteiger partial charge is 0.399 e. The van der Waals surface area contributed by atoms with E-state index in [4.69, 9.17) is 10.5 Å². The van der Waals surface area contributed by atoms with Crippen molar-refractivity contribution >= 4 is 17.3 Å². The number of methoxy groups -OCH3 is 1. The molecule has 1 heterocycles. The van der Waals surface area contributed by atoms with Crippen molar-refractivity contribution < 1.29 is 9.53 Å². The molecule has 1 aromatic rings. The van der Waals surface area contributed by atoms with Gasteiger partial charge in [0.05, 0.1) is 0 Å². The van der Waals surface area contributed by atoms with E-state index in [1.165, 1.54) is 5.56 Å². The Bertz CT molecular complexity index is 445. The molecule has 0 saturated carbocycles. The van der Waals surface area contributed by atoms with Gasteiger partial charge < -0.3 is 15.4 Å². The zero-order valence-corrected chi connectivity index (χ0v) is 11.0. The third-order valence-corrected chi connectivity index (χ3v) is 3.28. The van der Waals surface area contributed by atoms with Crippen molar-refractivity contribution in [1.82, 2.24) is 0 Å². The summed E-state index contributed by atoms with van der Waals surface area (Å²) in [7, 11) is 1.66. The van der Waals surface area contributed by atoms with Gasteiger partial charge in [0.25, 0.3) is 0 Å². The van der Waals surface area contributed by atoms with Crippen molar-refractivity contribution in [3.8, 4) is 0 Å². The molecule has 0 aromatic heterocycles. The van der Waals surface area contributed by atoms with E-state index in [0.717, 1.165) is 18.7 Å². The van der Waals surface area contributed by atoms with Crippen LogP contribution in [0.3, 0.4) is 0 Å². The summed E-state index contributed by atoms with van der Waals surface area (Å²) in [6, 6.07) is 5.79. The van der Waals surface area contributed by atoms with Crippen LogP contribution in [0.4, 0.5) is 11.4 Å². The first-order valence-electron chi connectivity index (χ1n) is 6.29. The standard InChI is InChI=1S/C14H20N2O2/c1-10(9-18-2)7-14(17)16-6-5-11-3-4-12(15)8-13(11)16/h3-4,8,10H,5-7,9,15H2,1-2H3. The lowest BCUT2D eigenvalue weighted by Crippen LogP contribution is -2.30. The molecule has 1 atom stereocenters. The number of hydrogen-bond donors (Lipinski definition) is 1. The number of carbonyl (C=O) groups excluding carboxylic acids is 1. The number of ether oxygens (including phenoxy) is 1. The maximum Gasteiger partial charge on any atom is 0.227 e. The Labute approximate surface area is 108 Å². The fourth-order valence-electron chi connectivity index (χ4n) is 2.41. The molecule has 0 fully saturated rings. The highest BCUT2D eigenvalue weighted by Crippen LogP contribution is 2.30. The molecule has 1 amide bonds. The molecule has 0 saturated heterocycles. The first-order chi connectivity index (χ1) is 8.61. The quantitative estimate of drug-likeness (QED) is 0.827. The molecule has 4 heteroatoms. The van der Waals surface area contributed by atoms with Crippen molar-refractivity contribution in [3.63, 3.8) is 0 Å². The van der Waals surface area contributed by atoms with Crippen molar-refractivity contribution in [2.45, 2.75) is 19.8 Å². The first kappa shape index (κ1) is 12.9. The Morgan fingerprint density at radius 2 is 2.33 bits per heavy atom. The lowest BCUT2D eigenvalue weighted by atomic mass is 10.1. The van der Waals surface area contributed by atoms with Crippen LogP contribution < -0.4 is 10.6 Å². The van der Waals surface area contributed by atoms with Crippen LogP contribution in [0.5, 0.6) is 0 Å². The lowest BCUT2D eigenvalue weighted by Gasteiger charge is -2.19. The fraction of sp³-hybridized carbons (Fsp3) is 0.500.